The Kier molecular flexibility index (Phi) is 2.68. The van der Waals surface area contributed by atoms with Crippen molar-refractivity contribution in [2.75, 3.05) is 0 Å². The van der Waals surface area contributed by atoms with Crippen LogP contribution in [0.3, 0.4) is 0 Å². The molecule has 1 fully saturated rings. The number of aldehydes is 1. The van der Waals surface area contributed by atoms with Crippen molar-refractivity contribution in [3.63, 3.8) is 0 Å². The van der Waals surface area contributed by atoms with Gasteiger partial charge in [0.05, 0.1) is 0 Å². The predicted molar refractivity (Wildman–Crippen MR) is 68.8 cm³/mol. The van der Waals surface area contributed by atoms with E-state index < -0.39 is 0 Å². The summed E-state index contributed by atoms with van der Waals surface area (Å²) >= 11 is 0. The third-order valence-electron chi connectivity index (χ3n) is 4.00. The summed E-state index contributed by atoms with van der Waals surface area (Å²) in [6.07, 6.45) is 8.90. The maximum atomic E-state index is 11.2. The molecule has 0 heterocycles. The van der Waals surface area contributed by atoms with Crippen LogP contribution in [0.15, 0.2) is 53.6 Å². The lowest BCUT2D eigenvalue weighted by Gasteiger charge is -2.28. The average molecular weight is 224 g/mol. The standard InChI is InChI=1S/C16H16O/c17-11-14-10-9-12-7-4-8-15(12)16(14)13-5-2-1-3-6-13/h1-3,5-6,9-11,15-16H,4,7-8H2/t15-,16-/m1/s1. The maximum Gasteiger partial charge on any atom is 0.146 e. The number of rotatable bonds is 2. The van der Waals surface area contributed by atoms with Crippen LogP contribution in [0.2, 0.25) is 0 Å². The fraction of sp³-hybridized carbons (Fsp3) is 0.312. The van der Waals surface area contributed by atoms with Crippen molar-refractivity contribution < 1.29 is 4.79 Å². The number of fused-ring (bicyclic) bond motifs is 1. The van der Waals surface area contributed by atoms with Crippen molar-refractivity contribution in [3.8, 4) is 0 Å². The van der Waals surface area contributed by atoms with Crippen LogP contribution in [-0.4, -0.2) is 6.29 Å². The SMILES string of the molecule is O=CC1=CC=C2CCC[C@H]2[C@@H]1c1ccccc1. The second-order valence-electron chi connectivity index (χ2n) is 4.91. The smallest absolute Gasteiger partial charge is 0.146 e. The van der Waals surface area contributed by atoms with Crippen LogP contribution < -0.4 is 0 Å². The van der Waals surface area contributed by atoms with Gasteiger partial charge in [0, 0.05) is 5.92 Å². The van der Waals surface area contributed by atoms with E-state index in [-0.39, 0.29) is 5.92 Å². The summed E-state index contributed by atoms with van der Waals surface area (Å²) in [5, 5.41) is 0. The third kappa shape index (κ3) is 1.76. The highest BCUT2D eigenvalue weighted by molar-refractivity contribution is 5.78. The molecular weight excluding hydrogens is 208 g/mol. The van der Waals surface area contributed by atoms with Crippen LogP contribution in [0.5, 0.6) is 0 Å². The van der Waals surface area contributed by atoms with Crippen molar-refractivity contribution in [2.24, 2.45) is 5.92 Å². The summed E-state index contributed by atoms with van der Waals surface area (Å²) in [7, 11) is 0. The molecule has 17 heavy (non-hydrogen) atoms. The van der Waals surface area contributed by atoms with E-state index in [0.717, 1.165) is 11.9 Å². The van der Waals surface area contributed by atoms with E-state index in [1.54, 1.807) is 0 Å². The molecule has 2 aliphatic carbocycles. The van der Waals surface area contributed by atoms with Crippen molar-refractivity contribution >= 4 is 6.29 Å². The minimum atomic E-state index is 0.288. The third-order valence-corrected chi connectivity index (χ3v) is 4.00. The molecule has 1 aromatic carbocycles. The lowest BCUT2D eigenvalue weighted by atomic mass is 9.75. The highest BCUT2D eigenvalue weighted by Gasteiger charge is 2.34. The predicted octanol–water partition coefficient (Wildman–Crippen LogP) is 3.64. The molecule has 0 aromatic heterocycles. The van der Waals surface area contributed by atoms with Gasteiger partial charge in [0.25, 0.3) is 0 Å². The summed E-state index contributed by atoms with van der Waals surface area (Å²) in [6, 6.07) is 10.4. The molecule has 0 aliphatic heterocycles. The molecule has 1 nitrogen and oxygen atoms in total. The van der Waals surface area contributed by atoms with Crippen LogP contribution in [0.25, 0.3) is 0 Å². The van der Waals surface area contributed by atoms with Crippen molar-refractivity contribution in [1.29, 1.82) is 0 Å². The lowest BCUT2D eigenvalue weighted by Crippen LogP contribution is -2.17. The Morgan fingerprint density at radius 3 is 2.71 bits per heavy atom. The Balaban J connectivity index is 2.04. The molecule has 2 aliphatic rings. The van der Waals surface area contributed by atoms with Crippen molar-refractivity contribution in [3.05, 3.63) is 59.2 Å². The fourth-order valence-electron chi connectivity index (χ4n) is 3.22. The van der Waals surface area contributed by atoms with Crippen LogP contribution in [0.1, 0.15) is 30.7 Å². The fourth-order valence-corrected chi connectivity index (χ4v) is 3.22. The van der Waals surface area contributed by atoms with Crippen molar-refractivity contribution in [1.82, 2.24) is 0 Å². The Hall–Kier alpha value is -1.63. The molecule has 0 saturated heterocycles. The molecule has 1 heteroatoms. The molecule has 0 radical (unpaired) electrons. The number of hydrogen-bond donors (Lipinski definition) is 0. The summed E-state index contributed by atoms with van der Waals surface area (Å²) in [6.45, 7) is 0. The number of carbonyl (C=O) groups excluding carboxylic acids is 1. The number of benzene rings is 1. The zero-order chi connectivity index (χ0) is 11.7. The second-order valence-corrected chi connectivity index (χ2v) is 4.91. The van der Waals surface area contributed by atoms with E-state index in [1.807, 2.05) is 12.1 Å². The molecule has 86 valence electrons. The first-order valence-electron chi connectivity index (χ1n) is 6.31. The van der Waals surface area contributed by atoms with Crippen LogP contribution in [0.4, 0.5) is 0 Å². The zero-order valence-electron chi connectivity index (χ0n) is 9.80. The number of allylic oxidation sites excluding steroid dienone is 4. The second kappa shape index (κ2) is 4.33. The lowest BCUT2D eigenvalue weighted by molar-refractivity contribution is -0.105. The zero-order valence-corrected chi connectivity index (χ0v) is 9.80. The Morgan fingerprint density at radius 1 is 1.12 bits per heavy atom. The first-order chi connectivity index (χ1) is 8.40. The van der Waals surface area contributed by atoms with Gasteiger partial charge in [0.1, 0.15) is 6.29 Å². The molecule has 0 spiro atoms. The Labute approximate surface area is 102 Å². The van der Waals surface area contributed by atoms with E-state index in [2.05, 4.69) is 30.3 Å². The van der Waals surface area contributed by atoms with Crippen LogP contribution in [0, 0.1) is 5.92 Å². The molecule has 1 saturated carbocycles. The summed E-state index contributed by atoms with van der Waals surface area (Å²) in [5.74, 6) is 0.846. The van der Waals surface area contributed by atoms with Gasteiger partial charge < -0.3 is 0 Å². The Morgan fingerprint density at radius 2 is 1.94 bits per heavy atom. The molecule has 2 atom stereocenters. The maximum absolute atomic E-state index is 11.2. The minimum Gasteiger partial charge on any atom is -0.298 e. The van der Waals surface area contributed by atoms with Crippen LogP contribution >= 0.6 is 0 Å². The van der Waals surface area contributed by atoms with Gasteiger partial charge in [-0.05, 0) is 36.3 Å². The first-order valence-corrected chi connectivity index (χ1v) is 6.31. The van der Waals surface area contributed by atoms with E-state index in [0.29, 0.717) is 5.92 Å². The largest absolute Gasteiger partial charge is 0.298 e. The van der Waals surface area contributed by atoms with E-state index in [4.69, 9.17) is 0 Å². The average Bonchev–Trinajstić information content (AvgIpc) is 2.86. The molecular formula is C16H16O. The number of carbonyl (C=O) groups is 1. The van der Waals surface area contributed by atoms with Crippen LogP contribution in [-0.2, 0) is 4.79 Å². The monoisotopic (exact) mass is 224 g/mol. The molecule has 0 unspecified atom stereocenters. The molecule has 0 N–H and O–H groups in total. The quantitative estimate of drug-likeness (QED) is 0.701. The Bertz CT molecular complexity index is 482. The summed E-state index contributed by atoms with van der Waals surface area (Å²) in [4.78, 5) is 11.2. The molecule has 0 amide bonds. The first kappa shape index (κ1) is 10.5. The van der Waals surface area contributed by atoms with E-state index >= 15 is 0 Å². The van der Waals surface area contributed by atoms with E-state index in [9.17, 15) is 4.79 Å². The van der Waals surface area contributed by atoms with Gasteiger partial charge in [0.15, 0.2) is 0 Å². The van der Waals surface area contributed by atoms with Gasteiger partial charge in [-0.1, -0.05) is 48.1 Å². The topological polar surface area (TPSA) is 17.1 Å². The number of hydrogen-bond acceptors (Lipinski definition) is 1. The highest BCUT2D eigenvalue weighted by Crippen LogP contribution is 2.46. The van der Waals surface area contributed by atoms with Gasteiger partial charge in [-0.3, -0.25) is 4.79 Å². The molecule has 0 bridgehead atoms. The van der Waals surface area contributed by atoms with Crippen molar-refractivity contribution in [2.45, 2.75) is 25.2 Å². The summed E-state index contributed by atoms with van der Waals surface area (Å²) in [5.41, 5.74) is 3.75. The molecule has 1 aromatic rings. The minimum absolute atomic E-state index is 0.288. The van der Waals surface area contributed by atoms with Gasteiger partial charge >= 0.3 is 0 Å². The normalized spacial score (nSPS) is 27.1. The highest BCUT2D eigenvalue weighted by atomic mass is 16.1. The van der Waals surface area contributed by atoms with Gasteiger partial charge in [-0.25, -0.2) is 0 Å². The summed E-state index contributed by atoms with van der Waals surface area (Å²) < 4.78 is 0. The van der Waals surface area contributed by atoms with Gasteiger partial charge in [-0.2, -0.15) is 0 Å². The molecule has 3 rings (SSSR count). The van der Waals surface area contributed by atoms with Gasteiger partial charge in [0.2, 0.25) is 0 Å². The van der Waals surface area contributed by atoms with E-state index in [1.165, 1.54) is 30.4 Å². The van der Waals surface area contributed by atoms with Gasteiger partial charge in [-0.15, -0.1) is 0 Å².